The number of carbonyl (C=O) groups excluding carboxylic acids is 1. The summed E-state index contributed by atoms with van der Waals surface area (Å²) >= 11 is 0. The molecule has 1 rings (SSSR count). The summed E-state index contributed by atoms with van der Waals surface area (Å²) in [7, 11) is 0. The molecule has 3 nitrogen and oxygen atoms in total. The van der Waals surface area contributed by atoms with Gasteiger partial charge in [0.05, 0.1) is 12.0 Å². The summed E-state index contributed by atoms with van der Waals surface area (Å²) in [5, 5.41) is 2.81. The van der Waals surface area contributed by atoms with Crippen LogP contribution in [-0.2, 0) is 4.79 Å². The Labute approximate surface area is 124 Å². The van der Waals surface area contributed by atoms with Gasteiger partial charge in [0.25, 0.3) is 0 Å². The lowest BCUT2D eigenvalue weighted by Gasteiger charge is -2.26. The van der Waals surface area contributed by atoms with Gasteiger partial charge in [0.15, 0.2) is 11.6 Å². The highest BCUT2D eigenvalue weighted by Crippen LogP contribution is 2.25. The van der Waals surface area contributed by atoms with E-state index in [0.717, 1.165) is 12.1 Å². The number of hydrogen-bond donors (Lipinski definition) is 2. The monoisotopic (exact) mass is 298 g/mol. The van der Waals surface area contributed by atoms with Crippen molar-refractivity contribution in [3.63, 3.8) is 0 Å². The standard InChI is InChI=1S/C16H24F2N2O/c1-10(11-5-6-13(17)14(18)7-11)20-15(21)12(9-19)8-16(2,3)4/h5-7,10,12H,8-9,19H2,1-4H3,(H,20,21). The van der Waals surface area contributed by atoms with Crippen molar-refractivity contribution in [2.45, 2.75) is 40.2 Å². The van der Waals surface area contributed by atoms with E-state index in [0.29, 0.717) is 12.0 Å². The van der Waals surface area contributed by atoms with Gasteiger partial charge in [-0.1, -0.05) is 26.8 Å². The number of nitrogens with one attached hydrogen (secondary N) is 1. The zero-order valence-corrected chi connectivity index (χ0v) is 13.0. The molecule has 0 fully saturated rings. The van der Waals surface area contributed by atoms with Crippen LogP contribution in [0, 0.1) is 23.0 Å². The number of amides is 1. The first-order valence-electron chi connectivity index (χ1n) is 7.09. The van der Waals surface area contributed by atoms with Gasteiger partial charge in [-0.25, -0.2) is 8.78 Å². The van der Waals surface area contributed by atoms with Crippen LogP contribution in [-0.4, -0.2) is 12.5 Å². The van der Waals surface area contributed by atoms with E-state index in [2.05, 4.69) is 5.32 Å². The third kappa shape index (κ3) is 5.42. The minimum atomic E-state index is -0.918. The molecular formula is C16H24F2N2O. The number of carbonyl (C=O) groups is 1. The number of nitrogens with two attached hydrogens (primary N) is 1. The fourth-order valence-electron chi connectivity index (χ4n) is 2.22. The predicted molar refractivity (Wildman–Crippen MR) is 79.5 cm³/mol. The van der Waals surface area contributed by atoms with Crippen molar-refractivity contribution >= 4 is 5.91 Å². The predicted octanol–water partition coefficient (Wildman–Crippen LogP) is 3.15. The average molecular weight is 298 g/mol. The van der Waals surface area contributed by atoms with Gasteiger partial charge in [0, 0.05) is 6.54 Å². The Balaban J connectivity index is 2.74. The van der Waals surface area contributed by atoms with Gasteiger partial charge in [-0.3, -0.25) is 4.79 Å². The van der Waals surface area contributed by atoms with E-state index in [1.807, 2.05) is 20.8 Å². The molecule has 2 atom stereocenters. The molecule has 0 radical (unpaired) electrons. The molecule has 0 aliphatic carbocycles. The zero-order valence-electron chi connectivity index (χ0n) is 13.0. The Morgan fingerprint density at radius 1 is 1.29 bits per heavy atom. The molecule has 0 aromatic heterocycles. The van der Waals surface area contributed by atoms with Gasteiger partial charge in [-0.05, 0) is 36.5 Å². The van der Waals surface area contributed by atoms with Crippen molar-refractivity contribution < 1.29 is 13.6 Å². The molecule has 0 heterocycles. The molecule has 2 unspecified atom stereocenters. The second-order valence-electron chi connectivity index (χ2n) is 6.60. The molecule has 21 heavy (non-hydrogen) atoms. The van der Waals surface area contributed by atoms with Crippen molar-refractivity contribution in [2.75, 3.05) is 6.54 Å². The van der Waals surface area contributed by atoms with Crippen LogP contribution >= 0.6 is 0 Å². The Morgan fingerprint density at radius 3 is 2.38 bits per heavy atom. The topological polar surface area (TPSA) is 55.1 Å². The van der Waals surface area contributed by atoms with Crippen LogP contribution in [0.4, 0.5) is 8.78 Å². The highest BCUT2D eigenvalue weighted by Gasteiger charge is 2.25. The zero-order chi connectivity index (χ0) is 16.2. The molecule has 3 N–H and O–H groups in total. The maximum absolute atomic E-state index is 13.2. The maximum atomic E-state index is 13.2. The van der Waals surface area contributed by atoms with Crippen LogP contribution in [0.15, 0.2) is 18.2 Å². The minimum Gasteiger partial charge on any atom is -0.349 e. The molecule has 0 aliphatic rings. The maximum Gasteiger partial charge on any atom is 0.224 e. The van der Waals surface area contributed by atoms with E-state index >= 15 is 0 Å². The Bertz CT molecular complexity index is 498. The van der Waals surface area contributed by atoms with Crippen LogP contribution < -0.4 is 11.1 Å². The average Bonchev–Trinajstić information content (AvgIpc) is 2.37. The lowest BCUT2D eigenvalue weighted by atomic mass is 9.84. The summed E-state index contributed by atoms with van der Waals surface area (Å²) in [6.07, 6.45) is 0.667. The quantitative estimate of drug-likeness (QED) is 0.877. The molecule has 0 saturated heterocycles. The molecule has 1 aromatic carbocycles. The van der Waals surface area contributed by atoms with Crippen molar-refractivity contribution in [1.82, 2.24) is 5.32 Å². The normalized spacial score (nSPS) is 14.6. The summed E-state index contributed by atoms with van der Waals surface area (Å²) in [6, 6.07) is 3.22. The van der Waals surface area contributed by atoms with Gasteiger partial charge < -0.3 is 11.1 Å². The van der Waals surface area contributed by atoms with E-state index in [1.54, 1.807) is 6.92 Å². The van der Waals surface area contributed by atoms with E-state index in [1.165, 1.54) is 6.07 Å². The Hall–Kier alpha value is -1.49. The molecule has 0 aliphatic heterocycles. The van der Waals surface area contributed by atoms with E-state index in [4.69, 9.17) is 5.73 Å². The highest BCUT2D eigenvalue weighted by atomic mass is 19.2. The first-order valence-corrected chi connectivity index (χ1v) is 7.09. The second-order valence-corrected chi connectivity index (χ2v) is 6.60. The Morgan fingerprint density at radius 2 is 1.90 bits per heavy atom. The number of halogens is 2. The van der Waals surface area contributed by atoms with Crippen LogP contribution in [0.2, 0.25) is 0 Å². The summed E-state index contributed by atoms with van der Waals surface area (Å²) in [5.74, 6) is -2.27. The second kappa shape index (κ2) is 6.98. The molecule has 1 aromatic rings. The molecule has 0 saturated carbocycles. The van der Waals surface area contributed by atoms with Crippen molar-refractivity contribution in [1.29, 1.82) is 0 Å². The molecule has 118 valence electrons. The van der Waals surface area contributed by atoms with Crippen LogP contribution in [0.5, 0.6) is 0 Å². The van der Waals surface area contributed by atoms with Gasteiger partial charge >= 0.3 is 0 Å². The largest absolute Gasteiger partial charge is 0.349 e. The third-order valence-electron chi connectivity index (χ3n) is 3.32. The van der Waals surface area contributed by atoms with Gasteiger partial charge in [-0.2, -0.15) is 0 Å². The number of rotatable bonds is 5. The van der Waals surface area contributed by atoms with Crippen LogP contribution in [0.25, 0.3) is 0 Å². The van der Waals surface area contributed by atoms with Crippen LogP contribution in [0.3, 0.4) is 0 Å². The summed E-state index contributed by atoms with van der Waals surface area (Å²) in [4.78, 5) is 12.2. The molecule has 1 amide bonds. The van der Waals surface area contributed by atoms with Crippen LogP contribution in [0.1, 0.15) is 45.7 Å². The minimum absolute atomic E-state index is 0.00734. The molecule has 0 spiro atoms. The SMILES string of the molecule is CC(NC(=O)C(CN)CC(C)(C)C)c1ccc(F)c(F)c1. The molecular weight excluding hydrogens is 274 g/mol. The summed E-state index contributed by atoms with van der Waals surface area (Å²) in [6.45, 7) is 8.12. The van der Waals surface area contributed by atoms with E-state index in [-0.39, 0.29) is 23.8 Å². The van der Waals surface area contributed by atoms with E-state index in [9.17, 15) is 13.6 Å². The molecule has 5 heteroatoms. The lowest BCUT2D eigenvalue weighted by molar-refractivity contribution is -0.126. The molecule has 0 bridgehead atoms. The van der Waals surface area contributed by atoms with E-state index < -0.39 is 17.7 Å². The first kappa shape index (κ1) is 17.6. The first-order chi connectivity index (χ1) is 9.64. The summed E-state index contributed by atoms with van der Waals surface area (Å²) in [5.41, 5.74) is 6.18. The fraction of sp³-hybridized carbons (Fsp3) is 0.562. The van der Waals surface area contributed by atoms with Gasteiger partial charge in [0.1, 0.15) is 0 Å². The third-order valence-corrected chi connectivity index (χ3v) is 3.32. The fourth-order valence-corrected chi connectivity index (χ4v) is 2.22. The number of hydrogen-bond acceptors (Lipinski definition) is 2. The lowest BCUT2D eigenvalue weighted by Crippen LogP contribution is -2.38. The van der Waals surface area contributed by atoms with Crippen molar-refractivity contribution in [3.8, 4) is 0 Å². The summed E-state index contributed by atoms with van der Waals surface area (Å²) < 4.78 is 26.1. The van der Waals surface area contributed by atoms with Crippen molar-refractivity contribution in [2.24, 2.45) is 17.1 Å². The number of benzene rings is 1. The smallest absolute Gasteiger partial charge is 0.224 e. The highest BCUT2D eigenvalue weighted by molar-refractivity contribution is 5.79. The van der Waals surface area contributed by atoms with Gasteiger partial charge in [0.2, 0.25) is 5.91 Å². The van der Waals surface area contributed by atoms with Gasteiger partial charge in [-0.15, -0.1) is 0 Å². The van der Waals surface area contributed by atoms with Crippen molar-refractivity contribution in [3.05, 3.63) is 35.4 Å². The Kier molecular flexibility index (Phi) is 5.84.